The van der Waals surface area contributed by atoms with Gasteiger partial charge in [0.05, 0.1) is 11.7 Å². The number of fused-ring (bicyclic) bond motifs is 2. The topological polar surface area (TPSA) is 45.5 Å². The molecule has 7 heteroatoms. The van der Waals surface area contributed by atoms with Crippen LogP contribution in [0.1, 0.15) is 74.7 Å². The average molecular weight is 504 g/mol. The van der Waals surface area contributed by atoms with Crippen molar-refractivity contribution in [1.29, 1.82) is 0 Å². The Morgan fingerprint density at radius 1 is 1.00 bits per heavy atom. The van der Waals surface area contributed by atoms with Crippen molar-refractivity contribution < 1.29 is 18.6 Å². The van der Waals surface area contributed by atoms with Gasteiger partial charge in [0.15, 0.2) is 0 Å². The van der Waals surface area contributed by atoms with Crippen molar-refractivity contribution in [1.82, 2.24) is 9.29 Å². The molecule has 0 bridgehead atoms. The number of carbonyl (C=O) groups is 1. The van der Waals surface area contributed by atoms with E-state index in [0.29, 0.717) is 23.5 Å². The van der Waals surface area contributed by atoms with E-state index in [1.165, 1.54) is 10.5 Å². The number of hydrogen-bond acceptors (Lipinski definition) is 2. The molecule has 194 valence electrons. The number of carboxylic acid groups (broad SMARTS) is 1. The largest absolute Gasteiger partial charge is 0.592 e. The summed E-state index contributed by atoms with van der Waals surface area (Å²) in [5.74, 6) is -1.10. The lowest BCUT2D eigenvalue weighted by Crippen LogP contribution is -2.46. The normalized spacial score (nSPS) is 16.6. The van der Waals surface area contributed by atoms with Gasteiger partial charge in [0.2, 0.25) is 0 Å². The van der Waals surface area contributed by atoms with E-state index >= 15 is 4.32 Å². The van der Waals surface area contributed by atoms with Gasteiger partial charge < -0.3 is 14.4 Å². The zero-order chi connectivity index (χ0) is 26.0. The molecule has 37 heavy (non-hydrogen) atoms. The van der Waals surface area contributed by atoms with E-state index in [4.69, 9.17) is 5.11 Å². The lowest BCUT2D eigenvalue weighted by Gasteiger charge is -2.32. The fourth-order valence-electron chi connectivity index (χ4n) is 5.05. The molecule has 2 aliphatic rings. The fraction of sp³-hybridized carbons (Fsp3) is 0.367. The molecule has 0 fully saturated rings. The second kappa shape index (κ2) is 13.3. The van der Waals surface area contributed by atoms with Crippen LogP contribution in [0.2, 0.25) is 0 Å². The van der Waals surface area contributed by atoms with Gasteiger partial charge in [0.25, 0.3) is 0 Å². The van der Waals surface area contributed by atoms with Gasteiger partial charge in [0.1, 0.15) is 5.82 Å². The number of benzene rings is 1. The minimum Gasteiger partial charge on any atom is -0.481 e. The summed E-state index contributed by atoms with van der Waals surface area (Å²) in [6.45, 7) is 0. The second-order valence-electron chi connectivity index (χ2n) is 9.75. The third kappa shape index (κ3) is 7.12. The van der Waals surface area contributed by atoms with Crippen LogP contribution < -0.4 is 0 Å². The molecule has 1 N–H and O–H groups in total. The van der Waals surface area contributed by atoms with E-state index in [2.05, 4.69) is 0 Å². The predicted molar refractivity (Wildman–Crippen MR) is 147 cm³/mol. The number of hydrogen-bond donors (Lipinski definition) is 1. The van der Waals surface area contributed by atoms with Crippen molar-refractivity contribution in [3.05, 3.63) is 95.2 Å². The van der Waals surface area contributed by atoms with Crippen LogP contribution in [0.5, 0.6) is 0 Å². The summed E-state index contributed by atoms with van der Waals surface area (Å²) in [5, 5.41) is 8.67. The maximum absolute atomic E-state index is 15.8. The number of allylic oxidation sites excluding steroid dienone is 3. The Morgan fingerprint density at radius 3 is 2.43 bits per heavy atom. The summed E-state index contributed by atoms with van der Waals surface area (Å²) >= 11 is 0. The van der Waals surface area contributed by atoms with Crippen molar-refractivity contribution in [2.45, 2.75) is 70.3 Å². The Hall–Kier alpha value is -3.35. The molecule has 3 heterocycles. The molecule has 1 atom stereocenters. The van der Waals surface area contributed by atoms with Crippen LogP contribution in [0.4, 0.5) is 8.71 Å². The van der Waals surface area contributed by atoms with Crippen molar-refractivity contribution in [2.24, 2.45) is 0 Å². The Morgan fingerprint density at radius 2 is 1.70 bits per heavy atom. The minimum absolute atomic E-state index is 0.233. The van der Waals surface area contributed by atoms with E-state index in [9.17, 15) is 9.18 Å². The number of aliphatic carboxylic acids is 1. The average Bonchev–Trinajstić information content (AvgIpc) is 3.44. The number of unbranched alkanes of at least 4 members (excludes halogenated alkanes) is 7. The van der Waals surface area contributed by atoms with Crippen molar-refractivity contribution in [2.75, 3.05) is 0 Å². The maximum Gasteiger partial charge on any atom is 0.592 e. The summed E-state index contributed by atoms with van der Waals surface area (Å²) < 4.78 is 32.0. The maximum atomic E-state index is 15.8. The zero-order valence-electron chi connectivity index (χ0n) is 21.2. The van der Waals surface area contributed by atoms with Crippen LogP contribution in [0.3, 0.4) is 0 Å². The molecule has 0 spiro atoms. The molecular weight excluding hydrogens is 469 g/mol. The smallest absolute Gasteiger partial charge is 0.481 e. The third-order valence-corrected chi connectivity index (χ3v) is 7.00. The standard InChI is InChI=1S/C30H35BF2N2O2/c32-28-22-26(18-10-5-3-1-2-4-6-11-19-30(36)37)35-29(28)23-27-21-20-25(34(27)31(35)33)17-13-12-16-24-14-8-7-9-15-24/h7-9,12-17,20-23,25H,1-6,10-11,18-19H2,(H,36,37)/b16-12+,17-13+. The molecule has 4 nitrogen and oxygen atoms in total. The van der Waals surface area contributed by atoms with Gasteiger partial charge in [0, 0.05) is 17.8 Å². The number of halogens is 2. The number of aromatic nitrogens is 1. The van der Waals surface area contributed by atoms with Crippen molar-refractivity contribution >= 4 is 25.4 Å². The van der Waals surface area contributed by atoms with Crippen LogP contribution in [0.15, 0.2) is 72.5 Å². The molecule has 0 aliphatic carbocycles. The lowest BCUT2D eigenvalue weighted by molar-refractivity contribution is -0.137. The van der Waals surface area contributed by atoms with Crippen molar-refractivity contribution in [3.8, 4) is 0 Å². The van der Waals surface area contributed by atoms with Crippen LogP contribution in [0.25, 0.3) is 12.2 Å². The van der Waals surface area contributed by atoms with Gasteiger partial charge >= 0.3 is 13.2 Å². The third-order valence-electron chi connectivity index (χ3n) is 7.00. The first kappa shape index (κ1) is 26.7. The molecule has 4 rings (SSSR count). The second-order valence-corrected chi connectivity index (χ2v) is 9.75. The van der Waals surface area contributed by atoms with E-state index in [1.54, 1.807) is 10.9 Å². The highest BCUT2D eigenvalue weighted by atomic mass is 19.1. The number of rotatable bonds is 14. The van der Waals surface area contributed by atoms with E-state index in [1.807, 2.05) is 66.8 Å². The van der Waals surface area contributed by atoms with Gasteiger partial charge in [-0.3, -0.25) is 9.11 Å². The van der Waals surface area contributed by atoms with E-state index in [0.717, 1.165) is 56.9 Å². The first-order valence-corrected chi connectivity index (χ1v) is 13.4. The lowest BCUT2D eigenvalue weighted by atomic mass is 9.93. The summed E-state index contributed by atoms with van der Waals surface area (Å²) in [5.41, 5.74) is 2.80. The van der Waals surface area contributed by atoms with Crippen LogP contribution in [-0.4, -0.2) is 33.7 Å². The molecule has 0 saturated carbocycles. The summed E-state index contributed by atoms with van der Waals surface area (Å²) in [4.78, 5) is 12.2. The van der Waals surface area contributed by atoms with E-state index < -0.39 is 13.2 Å². The molecule has 1 aromatic heterocycles. The highest BCUT2D eigenvalue weighted by molar-refractivity contribution is 6.48. The zero-order valence-corrected chi connectivity index (χ0v) is 21.2. The van der Waals surface area contributed by atoms with Crippen LogP contribution >= 0.6 is 0 Å². The van der Waals surface area contributed by atoms with E-state index in [-0.39, 0.29) is 18.3 Å². The Kier molecular flexibility index (Phi) is 9.58. The van der Waals surface area contributed by atoms with Gasteiger partial charge in [-0.1, -0.05) is 99.2 Å². The molecular formula is C30H35BF2N2O2. The number of aryl methyl sites for hydroxylation is 1. The molecule has 1 unspecified atom stereocenters. The monoisotopic (exact) mass is 504 g/mol. The summed E-state index contributed by atoms with van der Waals surface area (Å²) in [6.07, 6.45) is 22.2. The van der Waals surface area contributed by atoms with Crippen LogP contribution in [0, 0.1) is 5.82 Å². The molecule has 2 aromatic rings. The van der Waals surface area contributed by atoms with Gasteiger partial charge in [-0.15, -0.1) is 0 Å². The SMILES string of the molecule is O=C(O)CCCCCCCCCCc1cc(F)c2n1B(F)N1C(=C2)C=CC1/C=C/C=C/c1ccccc1. The predicted octanol–water partition coefficient (Wildman–Crippen LogP) is 7.43. The minimum atomic E-state index is -1.46. The quantitative estimate of drug-likeness (QED) is 0.165. The van der Waals surface area contributed by atoms with Crippen LogP contribution in [-0.2, 0) is 11.2 Å². The Labute approximate surface area is 218 Å². The molecule has 0 radical (unpaired) electrons. The molecule has 0 amide bonds. The number of nitrogens with zero attached hydrogens (tertiary/aromatic N) is 2. The molecule has 0 saturated heterocycles. The van der Waals surface area contributed by atoms with Gasteiger partial charge in [-0.05, 0) is 43.0 Å². The van der Waals surface area contributed by atoms with Gasteiger partial charge in [-0.25, -0.2) is 4.39 Å². The highest BCUT2D eigenvalue weighted by Crippen LogP contribution is 2.33. The summed E-state index contributed by atoms with van der Waals surface area (Å²) in [6, 6.07) is 11.3. The summed E-state index contributed by atoms with van der Waals surface area (Å²) in [7, 11) is -1.46. The molecule has 2 aliphatic heterocycles. The Bertz CT molecular complexity index is 1170. The first-order chi connectivity index (χ1) is 18.0. The van der Waals surface area contributed by atoms with Gasteiger partial charge in [-0.2, -0.15) is 0 Å². The Balaban J connectivity index is 1.28. The highest BCUT2D eigenvalue weighted by Gasteiger charge is 2.41. The first-order valence-electron chi connectivity index (χ1n) is 13.4. The fourth-order valence-corrected chi connectivity index (χ4v) is 5.05. The number of carboxylic acids is 1. The molecule has 1 aromatic carbocycles. The van der Waals surface area contributed by atoms with Crippen molar-refractivity contribution in [3.63, 3.8) is 0 Å².